The third kappa shape index (κ3) is 16.1. The van der Waals surface area contributed by atoms with Crippen molar-refractivity contribution in [1.29, 1.82) is 0 Å². The molecule has 20 nitrogen and oxygen atoms in total. The van der Waals surface area contributed by atoms with Gasteiger partial charge in [-0.15, -0.1) is 45.3 Å². The van der Waals surface area contributed by atoms with Crippen LogP contribution in [0.4, 0.5) is 0 Å². The van der Waals surface area contributed by atoms with Gasteiger partial charge in [-0.2, -0.15) is 0 Å². The summed E-state index contributed by atoms with van der Waals surface area (Å²) in [6.45, 7) is 6.92. The van der Waals surface area contributed by atoms with Crippen molar-refractivity contribution < 1.29 is 95.2 Å². The van der Waals surface area contributed by atoms with Crippen molar-refractivity contribution in [2.45, 2.75) is 105 Å². The molecule has 1 aromatic carbocycles. The van der Waals surface area contributed by atoms with E-state index in [9.17, 15) is 38.4 Å². The summed E-state index contributed by atoms with van der Waals surface area (Å²) >= 11 is 5.76. The predicted octanol–water partition coefficient (Wildman–Crippen LogP) is 7.77. The van der Waals surface area contributed by atoms with Crippen LogP contribution in [0.15, 0.2) is 71.4 Å². The van der Waals surface area contributed by atoms with Crippen molar-refractivity contribution in [3.05, 3.63) is 71.4 Å². The van der Waals surface area contributed by atoms with Crippen molar-refractivity contribution in [3.8, 4) is 51.9 Å². The van der Waals surface area contributed by atoms with Gasteiger partial charge in [0.05, 0.1) is 0 Å². The largest absolute Gasteiger partial charge is 0.463 e. The molecule has 1 fully saturated rings. The minimum absolute atomic E-state index is 0.0837. The van der Waals surface area contributed by atoms with Gasteiger partial charge in [0.15, 0.2) is 24.9 Å². The molecule has 8 atom stereocenters. The molecule has 5 aromatic rings. The zero-order valence-electron chi connectivity index (χ0n) is 41.2. The molecule has 0 aliphatic carbocycles. The second kappa shape index (κ2) is 26.5. The molecule has 6 rings (SSSR count). The van der Waals surface area contributed by atoms with Crippen molar-refractivity contribution in [3.63, 3.8) is 0 Å². The molecule has 1 saturated heterocycles. The lowest BCUT2D eigenvalue weighted by Crippen LogP contribution is -2.63. The Hall–Kier alpha value is -6.70. The number of carbonyl (C=O) groups excluding carboxylic acids is 8. The average molecular weight is 1100 g/mol. The first kappa shape index (κ1) is 56.6. The van der Waals surface area contributed by atoms with Gasteiger partial charge in [-0.3, -0.25) is 38.4 Å². The van der Waals surface area contributed by atoms with E-state index in [1.165, 1.54) is 52.3 Å². The molecule has 0 N–H and O–H groups in total. The summed E-state index contributed by atoms with van der Waals surface area (Å²) in [5.41, 5.74) is 0.691. The van der Waals surface area contributed by atoms with Gasteiger partial charge in [0.2, 0.25) is 18.7 Å². The Labute approximate surface area is 440 Å². The molecule has 74 heavy (non-hydrogen) atoms. The molecular formula is C50H52O20S4. The van der Waals surface area contributed by atoms with E-state index < -0.39 is 123 Å². The molecule has 0 saturated carbocycles. The Bertz CT molecular complexity index is 2760. The minimum Gasteiger partial charge on any atom is -0.463 e. The summed E-state index contributed by atoms with van der Waals surface area (Å²) in [7, 11) is 0. The minimum atomic E-state index is -1.66. The first-order valence-electron chi connectivity index (χ1n) is 22.6. The first-order chi connectivity index (χ1) is 35.2. The summed E-state index contributed by atoms with van der Waals surface area (Å²) in [6, 6.07) is 18.4. The van der Waals surface area contributed by atoms with E-state index in [2.05, 4.69) is 0 Å². The maximum Gasteiger partial charge on any atom is 0.303 e. The molecule has 0 amide bonds. The van der Waals surface area contributed by atoms with Crippen molar-refractivity contribution in [2.75, 3.05) is 26.4 Å². The van der Waals surface area contributed by atoms with Gasteiger partial charge in [0.1, 0.15) is 43.5 Å². The van der Waals surface area contributed by atoms with Gasteiger partial charge in [0.25, 0.3) is 0 Å². The fourth-order valence-corrected chi connectivity index (χ4v) is 11.0. The van der Waals surface area contributed by atoms with E-state index >= 15 is 0 Å². The highest BCUT2D eigenvalue weighted by Gasteiger charge is 2.53. The van der Waals surface area contributed by atoms with Gasteiger partial charge < -0.3 is 56.8 Å². The summed E-state index contributed by atoms with van der Waals surface area (Å²) in [5.74, 6) is -5.96. The van der Waals surface area contributed by atoms with E-state index in [0.717, 1.165) is 68.0 Å². The quantitative estimate of drug-likeness (QED) is 0.0344. The summed E-state index contributed by atoms with van der Waals surface area (Å²) < 4.78 is 70.2. The number of hydrogen-bond acceptors (Lipinski definition) is 24. The van der Waals surface area contributed by atoms with Gasteiger partial charge in [-0.1, -0.05) is 12.1 Å². The summed E-state index contributed by atoms with van der Waals surface area (Å²) in [5, 5.41) is 3.85. The molecule has 24 heteroatoms. The number of ether oxygens (including phenoxy) is 12. The lowest BCUT2D eigenvalue weighted by atomic mass is 9.98. The van der Waals surface area contributed by atoms with E-state index in [1.54, 1.807) is 12.1 Å². The summed E-state index contributed by atoms with van der Waals surface area (Å²) in [6.07, 6.45) is -11.9. The normalized spacial score (nSPS) is 18.4. The molecule has 1 aliphatic heterocycles. The number of esters is 8. The van der Waals surface area contributed by atoms with E-state index in [1.807, 2.05) is 59.3 Å². The van der Waals surface area contributed by atoms with E-state index in [0.29, 0.717) is 20.9 Å². The van der Waals surface area contributed by atoms with Gasteiger partial charge in [-0.05, 0) is 59.3 Å². The molecule has 0 spiro atoms. The van der Waals surface area contributed by atoms with Crippen molar-refractivity contribution in [2.24, 2.45) is 0 Å². The number of benzene rings is 1. The fraction of sp³-hybridized carbons (Fsp3) is 0.400. The number of thiophene rings is 4. The fourth-order valence-electron chi connectivity index (χ4n) is 7.30. The maximum atomic E-state index is 12.9. The SMILES string of the molecule is CC(=O)OCC1O[C@@H](Oc2cc(-c3ccc(-c4cccs4)s3)c(O[C@@H](COC(C)=O)OC(COC(C)=O)[C@H](COC(C)=O)OC(C)=O)cc2-c2ccc(-c3cccs3)s2)[C@@H](OC(C)=O)C(OC(C)=O)[C@@H]1OC(C)=O. The highest BCUT2D eigenvalue weighted by molar-refractivity contribution is 7.23. The molecule has 0 bridgehead atoms. The number of hydrogen-bond donors (Lipinski definition) is 0. The van der Waals surface area contributed by atoms with Crippen LogP contribution in [0.5, 0.6) is 11.5 Å². The first-order valence-corrected chi connectivity index (χ1v) is 26.0. The number of rotatable bonds is 23. The topological polar surface area (TPSA) is 247 Å². The lowest BCUT2D eigenvalue weighted by molar-refractivity contribution is -0.288. The van der Waals surface area contributed by atoms with Crippen molar-refractivity contribution in [1.82, 2.24) is 0 Å². The Morgan fingerprint density at radius 2 is 0.973 bits per heavy atom. The van der Waals surface area contributed by atoms with Crippen LogP contribution in [0.2, 0.25) is 0 Å². The molecule has 396 valence electrons. The smallest absolute Gasteiger partial charge is 0.303 e. The second-order valence-electron chi connectivity index (χ2n) is 16.1. The highest BCUT2D eigenvalue weighted by atomic mass is 32.1. The Balaban J connectivity index is 1.57. The molecular weight excluding hydrogens is 1050 g/mol. The van der Waals surface area contributed by atoms with Crippen LogP contribution >= 0.6 is 45.3 Å². The van der Waals surface area contributed by atoms with Crippen LogP contribution in [0.1, 0.15) is 55.4 Å². The van der Waals surface area contributed by atoms with Crippen LogP contribution in [-0.4, -0.2) is 123 Å². The summed E-state index contributed by atoms with van der Waals surface area (Å²) in [4.78, 5) is 104. The highest BCUT2D eigenvalue weighted by Crippen LogP contribution is 2.48. The molecule has 5 heterocycles. The molecule has 3 unspecified atom stereocenters. The molecule has 4 aromatic heterocycles. The third-order valence-corrected chi connectivity index (χ3v) is 14.6. The monoisotopic (exact) mass is 1100 g/mol. The Morgan fingerprint density at radius 3 is 1.47 bits per heavy atom. The zero-order valence-corrected chi connectivity index (χ0v) is 44.4. The van der Waals surface area contributed by atoms with E-state index in [4.69, 9.17) is 56.8 Å². The standard InChI is InChI=1S/C50H52O20S4/c1-25(51)59-21-37(63-29(5)55)38(22-60-26(2)52)68-46(24-62-28(4)54)67-35-19-34(41-14-16-45(74-41)43-12-10-18-72-43)36(20-33(35)40-13-15-44(73-40)42-11-9-17-71-42)69-50-49(66-32(8)58)48(65-31(7)57)47(64-30(6)56)39(70-50)23-61-27(3)53/h9-20,37-39,46-50H,21-24H2,1-8H3/t37-,38?,39?,46+,47+,48?,49-,50+/m0/s1. The van der Waals surface area contributed by atoms with Crippen LogP contribution in [0.25, 0.3) is 40.4 Å². The lowest BCUT2D eigenvalue weighted by Gasteiger charge is -2.44. The predicted molar refractivity (Wildman–Crippen MR) is 267 cm³/mol. The van der Waals surface area contributed by atoms with Crippen LogP contribution in [0.3, 0.4) is 0 Å². The third-order valence-electron chi connectivity index (χ3n) is 10.2. The zero-order chi connectivity index (χ0) is 53.6. The van der Waals surface area contributed by atoms with Crippen LogP contribution in [0, 0.1) is 0 Å². The van der Waals surface area contributed by atoms with Crippen LogP contribution in [-0.2, 0) is 85.7 Å². The Kier molecular flexibility index (Phi) is 20.3. The number of carbonyl (C=O) groups is 8. The van der Waals surface area contributed by atoms with E-state index in [-0.39, 0.29) is 11.5 Å². The van der Waals surface area contributed by atoms with Gasteiger partial charge in [0, 0.05) is 95.8 Å². The van der Waals surface area contributed by atoms with Gasteiger partial charge in [-0.25, -0.2) is 0 Å². The maximum absolute atomic E-state index is 12.9. The second-order valence-corrected chi connectivity index (χ2v) is 20.2. The Morgan fingerprint density at radius 1 is 0.500 bits per heavy atom. The molecule has 1 aliphatic rings. The van der Waals surface area contributed by atoms with Gasteiger partial charge >= 0.3 is 47.8 Å². The van der Waals surface area contributed by atoms with Crippen molar-refractivity contribution >= 4 is 93.1 Å². The average Bonchev–Trinajstić information content (AvgIpc) is 4.18. The molecule has 0 radical (unpaired) electrons. The van der Waals surface area contributed by atoms with Crippen LogP contribution < -0.4 is 9.47 Å².